The number of fused-ring (bicyclic) bond motifs is 1. The Morgan fingerprint density at radius 3 is 2.82 bits per heavy atom. The highest BCUT2D eigenvalue weighted by molar-refractivity contribution is 8.14. The largest absolute Gasteiger partial charge is 0.381 e. The third-order valence-electron chi connectivity index (χ3n) is 5.44. The molecule has 1 unspecified atom stereocenters. The molecule has 2 atom stereocenters. The predicted molar refractivity (Wildman–Crippen MR) is 112 cm³/mol. The van der Waals surface area contributed by atoms with Gasteiger partial charge in [0, 0.05) is 17.2 Å². The molecule has 3 N–H and O–H groups in total. The van der Waals surface area contributed by atoms with Crippen LogP contribution in [0.4, 0.5) is 10.1 Å². The maximum absolute atomic E-state index is 14.1. The lowest BCUT2D eigenvalue weighted by Gasteiger charge is -2.14. The van der Waals surface area contributed by atoms with E-state index in [2.05, 4.69) is 15.3 Å². The summed E-state index contributed by atoms with van der Waals surface area (Å²) in [5.41, 5.74) is 2.44. The Labute approximate surface area is 168 Å². The van der Waals surface area contributed by atoms with E-state index >= 15 is 0 Å². The number of aromatic amines is 1. The minimum Gasteiger partial charge on any atom is -0.381 e. The number of anilines is 1. The molecule has 2 aliphatic rings. The Bertz CT molecular complexity index is 1010. The minimum atomic E-state index is -4.02. The third kappa shape index (κ3) is 4.36. The van der Waals surface area contributed by atoms with Gasteiger partial charge in [-0.2, -0.15) is 8.42 Å². The predicted octanol–water partition coefficient (Wildman–Crippen LogP) is 4.05. The molecule has 9 heteroatoms. The maximum Gasteiger partial charge on any atom is 0.265 e. The summed E-state index contributed by atoms with van der Waals surface area (Å²) in [6.45, 7) is 1.77. The van der Waals surface area contributed by atoms with Gasteiger partial charge >= 0.3 is 0 Å². The van der Waals surface area contributed by atoms with Crippen LogP contribution in [0.1, 0.15) is 38.3 Å². The first-order valence-corrected chi connectivity index (χ1v) is 12.1. The van der Waals surface area contributed by atoms with Gasteiger partial charge in [-0.05, 0) is 37.0 Å². The van der Waals surface area contributed by atoms with Crippen LogP contribution in [0.15, 0.2) is 23.2 Å². The zero-order valence-electron chi connectivity index (χ0n) is 15.6. The summed E-state index contributed by atoms with van der Waals surface area (Å²) in [6.07, 6.45) is 4.59. The fourth-order valence-electron chi connectivity index (χ4n) is 4.00. The smallest absolute Gasteiger partial charge is 0.265 e. The third-order valence-corrected chi connectivity index (χ3v) is 7.50. The van der Waals surface area contributed by atoms with E-state index in [0.717, 1.165) is 40.2 Å². The molecule has 152 valence electrons. The molecule has 1 aromatic heterocycles. The summed E-state index contributed by atoms with van der Waals surface area (Å²) in [5, 5.41) is 5.04. The van der Waals surface area contributed by atoms with Crippen molar-refractivity contribution >= 4 is 43.5 Å². The van der Waals surface area contributed by atoms with Gasteiger partial charge in [-0.25, -0.2) is 4.39 Å². The molecule has 1 aromatic carbocycles. The van der Waals surface area contributed by atoms with E-state index < -0.39 is 10.1 Å². The highest BCUT2D eigenvalue weighted by Gasteiger charge is 2.28. The number of thioether (sulfide) groups is 1. The van der Waals surface area contributed by atoms with Crippen LogP contribution in [0, 0.1) is 11.7 Å². The lowest BCUT2D eigenvalue weighted by Crippen LogP contribution is -2.24. The van der Waals surface area contributed by atoms with Crippen molar-refractivity contribution in [3.8, 4) is 0 Å². The van der Waals surface area contributed by atoms with E-state index in [0.29, 0.717) is 11.8 Å². The van der Waals surface area contributed by atoms with E-state index in [9.17, 15) is 12.8 Å². The Morgan fingerprint density at radius 2 is 2.11 bits per heavy atom. The quantitative estimate of drug-likeness (QED) is 0.607. The summed E-state index contributed by atoms with van der Waals surface area (Å²) >= 11 is 1.54. The number of nitrogens with zero attached hydrogens (tertiary/aromatic N) is 1. The lowest BCUT2D eigenvalue weighted by molar-refractivity contribution is 0.456. The number of H-pyrrole nitrogens is 1. The highest BCUT2D eigenvalue weighted by Crippen LogP contribution is 2.33. The van der Waals surface area contributed by atoms with Crippen molar-refractivity contribution in [3.63, 3.8) is 0 Å². The van der Waals surface area contributed by atoms with Crippen molar-refractivity contribution in [1.82, 2.24) is 4.98 Å². The number of aromatic nitrogens is 1. The Morgan fingerprint density at radius 1 is 1.36 bits per heavy atom. The van der Waals surface area contributed by atoms with Crippen molar-refractivity contribution in [1.29, 1.82) is 0 Å². The molecule has 0 bridgehead atoms. The molecular formula is C19H24FN3O3S2. The maximum atomic E-state index is 14.1. The van der Waals surface area contributed by atoms with Crippen molar-refractivity contribution in [2.75, 3.05) is 16.8 Å². The fourth-order valence-corrected chi connectivity index (χ4v) is 6.09. The summed E-state index contributed by atoms with van der Waals surface area (Å²) in [7, 11) is -4.02. The van der Waals surface area contributed by atoms with Crippen molar-refractivity contribution in [2.45, 2.75) is 44.7 Å². The fraction of sp³-hybridized carbons (Fsp3) is 0.526. The van der Waals surface area contributed by atoms with E-state index in [1.54, 1.807) is 18.7 Å². The van der Waals surface area contributed by atoms with Gasteiger partial charge in [0.25, 0.3) is 10.1 Å². The van der Waals surface area contributed by atoms with Gasteiger partial charge in [-0.1, -0.05) is 19.8 Å². The number of rotatable bonds is 6. The molecule has 1 aliphatic heterocycles. The van der Waals surface area contributed by atoms with Gasteiger partial charge in [-0.3, -0.25) is 9.55 Å². The van der Waals surface area contributed by atoms with Crippen LogP contribution in [0.25, 0.3) is 10.9 Å². The van der Waals surface area contributed by atoms with E-state index in [1.807, 2.05) is 6.07 Å². The van der Waals surface area contributed by atoms with Gasteiger partial charge in [0.2, 0.25) is 0 Å². The second-order valence-electron chi connectivity index (χ2n) is 7.76. The second-order valence-corrected chi connectivity index (χ2v) is 10.3. The van der Waals surface area contributed by atoms with Crippen molar-refractivity contribution < 1.29 is 17.4 Å². The lowest BCUT2D eigenvalue weighted by atomic mass is 10.1. The van der Waals surface area contributed by atoms with Crippen molar-refractivity contribution in [3.05, 3.63) is 29.7 Å². The molecule has 0 spiro atoms. The molecule has 1 fully saturated rings. The first-order valence-electron chi connectivity index (χ1n) is 9.53. The monoisotopic (exact) mass is 425 g/mol. The Hall–Kier alpha value is -1.58. The topological polar surface area (TPSA) is 94.5 Å². The molecule has 4 rings (SSSR count). The number of nitrogens with one attached hydrogen (secondary N) is 2. The molecule has 2 aromatic rings. The van der Waals surface area contributed by atoms with Gasteiger partial charge in [0.05, 0.1) is 28.7 Å². The van der Waals surface area contributed by atoms with Gasteiger partial charge in [-0.15, -0.1) is 11.8 Å². The molecule has 1 saturated carbocycles. The molecule has 0 amide bonds. The molecule has 1 aliphatic carbocycles. The second kappa shape index (κ2) is 7.68. The van der Waals surface area contributed by atoms with Crippen LogP contribution in [-0.4, -0.2) is 46.6 Å². The zero-order chi connectivity index (χ0) is 19.9. The Kier molecular flexibility index (Phi) is 5.41. The molecule has 0 radical (unpaired) electrons. The minimum absolute atomic E-state index is 0.179. The van der Waals surface area contributed by atoms with Crippen molar-refractivity contribution in [2.24, 2.45) is 10.9 Å². The SMILES string of the molecule is CC(CS(=O)(=O)O)[C@@H]1CSC(c2cc3cc(F)cc(NC4CCCC4)c3[nH]2)=N1. The molecular weight excluding hydrogens is 401 g/mol. The standard InChI is InChI=1S/C19H24FN3O3S2/c1-11(10-28(24,25)26)17-9-27-19(23-17)16-7-12-6-13(20)8-15(18(12)22-16)21-14-4-2-3-5-14/h6-8,11,14,17,21-22H,2-5,9-10H2,1H3,(H,24,25,26)/t11?,17-/m0/s1. The molecule has 28 heavy (non-hydrogen) atoms. The first kappa shape index (κ1) is 19.7. The van der Waals surface area contributed by atoms with Crippen LogP contribution in [0.3, 0.4) is 0 Å². The summed E-state index contributed by atoms with van der Waals surface area (Å²) in [5.74, 6) is -0.202. The Balaban J connectivity index is 1.60. The van der Waals surface area contributed by atoms with E-state index in [-0.39, 0.29) is 23.5 Å². The number of halogens is 1. The van der Waals surface area contributed by atoms with Gasteiger partial charge in [0.1, 0.15) is 10.9 Å². The van der Waals surface area contributed by atoms with Crippen LogP contribution >= 0.6 is 11.8 Å². The van der Waals surface area contributed by atoms with E-state index in [4.69, 9.17) is 4.55 Å². The number of aliphatic imine (C=N–C) groups is 1. The average Bonchev–Trinajstić information content (AvgIpc) is 3.33. The number of hydrogen-bond acceptors (Lipinski definition) is 5. The van der Waals surface area contributed by atoms with Crippen LogP contribution in [0.2, 0.25) is 0 Å². The molecule has 0 saturated heterocycles. The van der Waals surface area contributed by atoms with E-state index in [1.165, 1.54) is 25.0 Å². The summed E-state index contributed by atoms with van der Waals surface area (Å²) < 4.78 is 45.4. The van der Waals surface area contributed by atoms with Crippen LogP contribution in [-0.2, 0) is 10.1 Å². The number of benzene rings is 1. The average molecular weight is 426 g/mol. The van der Waals surface area contributed by atoms with Crippen LogP contribution in [0.5, 0.6) is 0 Å². The zero-order valence-corrected chi connectivity index (χ0v) is 17.2. The number of hydrogen-bond donors (Lipinski definition) is 3. The molecule has 6 nitrogen and oxygen atoms in total. The van der Waals surface area contributed by atoms with Gasteiger partial charge < -0.3 is 10.3 Å². The molecule has 2 heterocycles. The first-order chi connectivity index (χ1) is 13.3. The van der Waals surface area contributed by atoms with Crippen LogP contribution < -0.4 is 5.32 Å². The normalized spacial score (nSPS) is 22.0. The highest BCUT2D eigenvalue weighted by atomic mass is 32.2. The summed E-state index contributed by atoms with van der Waals surface area (Å²) in [4.78, 5) is 8.02. The van der Waals surface area contributed by atoms with Gasteiger partial charge in [0.15, 0.2) is 0 Å². The summed E-state index contributed by atoms with van der Waals surface area (Å²) in [6, 6.07) is 5.12.